The Kier molecular flexibility index (Phi) is 8.54. The molecular weight excluding hydrogens is 425 g/mol. The predicted molar refractivity (Wildman–Crippen MR) is 122 cm³/mol. The van der Waals surface area contributed by atoms with Crippen LogP contribution in [0.15, 0.2) is 48.5 Å². The lowest BCUT2D eigenvalue weighted by molar-refractivity contribution is -0.124. The Hall–Kier alpha value is -3.26. The Balaban J connectivity index is 1.69. The molecule has 2 N–H and O–H groups in total. The summed E-state index contributed by atoms with van der Waals surface area (Å²) in [5.74, 6) is -1.42. The second-order valence-corrected chi connectivity index (χ2v) is 8.19. The first-order valence-electron chi connectivity index (χ1n) is 11.1. The lowest BCUT2D eigenvalue weighted by Gasteiger charge is -2.36. The number of hydrogen-bond donors (Lipinski definition) is 2. The third-order valence-corrected chi connectivity index (χ3v) is 5.93. The van der Waals surface area contributed by atoms with Crippen LogP contribution < -0.4 is 10.6 Å². The van der Waals surface area contributed by atoms with Crippen molar-refractivity contribution < 1.29 is 23.5 Å². The van der Waals surface area contributed by atoms with Crippen molar-refractivity contribution in [2.45, 2.75) is 25.8 Å². The van der Waals surface area contributed by atoms with Crippen molar-refractivity contribution in [1.29, 1.82) is 0 Å². The van der Waals surface area contributed by atoms with E-state index in [1.165, 1.54) is 18.2 Å². The van der Waals surface area contributed by atoms with Crippen molar-refractivity contribution in [3.63, 3.8) is 0 Å². The number of hydrogen-bond acceptors (Lipinski definition) is 4. The van der Waals surface area contributed by atoms with E-state index in [2.05, 4.69) is 10.6 Å². The number of aryl methyl sites for hydroxylation is 1. The number of carbonyl (C=O) groups excluding carboxylic acids is 3. The molecule has 176 valence electrons. The Morgan fingerprint density at radius 2 is 1.85 bits per heavy atom. The summed E-state index contributed by atoms with van der Waals surface area (Å²) in [6, 6.07) is 12.1. The minimum absolute atomic E-state index is 0.142. The third-order valence-electron chi connectivity index (χ3n) is 5.93. The summed E-state index contributed by atoms with van der Waals surface area (Å²) in [5, 5.41) is 5.73. The van der Waals surface area contributed by atoms with Gasteiger partial charge >= 0.3 is 0 Å². The largest absolute Gasteiger partial charge is 0.383 e. The van der Waals surface area contributed by atoms with Crippen molar-refractivity contribution in [3.05, 3.63) is 71.0 Å². The van der Waals surface area contributed by atoms with Gasteiger partial charge in [-0.05, 0) is 55.5 Å². The molecule has 2 aromatic carbocycles. The molecule has 0 aromatic heterocycles. The second-order valence-electron chi connectivity index (χ2n) is 8.19. The minimum atomic E-state index is -0.736. The summed E-state index contributed by atoms with van der Waals surface area (Å²) in [6.07, 6.45) is 1.08. The Morgan fingerprint density at radius 1 is 1.12 bits per heavy atom. The third kappa shape index (κ3) is 6.38. The van der Waals surface area contributed by atoms with E-state index in [0.29, 0.717) is 50.2 Å². The van der Waals surface area contributed by atoms with E-state index in [4.69, 9.17) is 4.74 Å². The number of ether oxygens (including phenoxy) is 1. The number of likely N-dealkylation sites (tertiary alicyclic amines) is 1. The predicted octanol–water partition coefficient (Wildman–Crippen LogP) is 2.55. The van der Waals surface area contributed by atoms with Gasteiger partial charge in [0.15, 0.2) is 0 Å². The first kappa shape index (κ1) is 24.4. The number of carbonyl (C=O) groups is 3. The van der Waals surface area contributed by atoms with Crippen molar-refractivity contribution in [3.8, 4) is 0 Å². The van der Waals surface area contributed by atoms with E-state index in [-0.39, 0.29) is 23.6 Å². The molecule has 0 bridgehead atoms. The zero-order chi connectivity index (χ0) is 23.8. The Morgan fingerprint density at radius 3 is 2.52 bits per heavy atom. The number of halogens is 1. The van der Waals surface area contributed by atoms with Crippen LogP contribution in [0.5, 0.6) is 0 Å². The number of benzene rings is 2. The topological polar surface area (TPSA) is 87.7 Å². The highest BCUT2D eigenvalue weighted by Gasteiger charge is 2.34. The molecule has 1 fully saturated rings. The zero-order valence-electron chi connectivity index (χ0n) is 19.0. The van der Waals surface area contributed by atoms with Crippen LogP contribution in [0.4, 0.5) is 4.39 Å². The number of piperidine rings is 1. The Bertz CT molecular complexity index is 989. The van der Waals surface area contributed by atoms with Crippen LogP contribution in [0, 0.1) is 18.7 Å². The lowest BCUT2D eigenvalue weighted by atomic mass is 9.88. The van der Waals surface area contributed by atoms with Crippen LogP contribution in [-0.2, 0) is 9.53 Å². The number of amides is 3. The maximum atomic E-state index is 13.5. The van der Waals surface area contributed by atoms with E-state index in [1.807, 2.05) is 19.1 Å². The summed E-state index contributed by atoms with van der Waals surface area (Å²) in [6.45, 7) is 3.39. The summed E-state index contributed by atoms with van der Waals surface area (Å²) in [4.78, 5) is 40.3. The number of rotatable bonds is 8. The molecule has 1 atom stereocenters. The quantitative estimate of drug-likeness (QED) is 0.599. The van der Waals surface area contributed by atoms with Gasteiger partial charge in [-0.1, -0.05) is 24.3 Å². The number of methoxy groups -OCH3 is 1. The molecule has 33 heavy (non-hydrogen) atoms. The van der Waals surface area contributed by atoms with Gasteiger partial charge in [0.2, 0.25) is 5.91 Å². The van der Waals surface area contributed by atoms with Gasteiger partial charge in [0.05, 0.1) is 6.61 Å². The molecule has 7 nitrogen and oxygen atoms in total. The molecule has 1 heterocycles. The number of nitrogens with zero attached hydrogens (tertiary/aromatic N) is 1. The van der Waals surface area contributed by atoms with Gasteiger partial charge in [-0.2, -0.15) is 0 Å². The van der Waals surface area contributed by atoms with Crippen LogP contribution in [-0.4, -0.2) is 62.0 Å². The lowest BCUT2D eigenvalue weighted by Crippen LogP contribution is -2.54. The van der Waals surface area contributed by atoms with E-state index in [1.54, 1.807) is 30.2 Å². The zero-order valence-corrected chi connectivity index (χ0v) is 19.0. The molecule has 3 rings (SSSR count). The molecule has 1 aliphatic heterocycles. The molecule has 2 aromatic rings. The highest BCUT2D eigenvalue weighted by atomic mass is 19.1. The molecule has 8 heteroatoms. The van der Waals surface area contributed by atoms with Gasteiger partial charge in [-0.15, -0.1) is 0 Å². The monoisotopic (exact) mass is 455 g/mol. The van der Waals surface area contributed by atoms with Gasteiger partial charge in [0, 0.05) is 37.9 Å². The standard InChI is InChI=1S/C25H30FN3O4/c1-17-6-3-4-9-21(17)23(30)28-22(24(31)27-12-15-33-2)18-10-13-29(14-11-18)25(32)19-7-5-8-20(26)16-19/h3-9,16,18,22H,10-15H2,1-2H3,(H,27,31)(H,28,30)/t22-/m0/s1. The molecule has 3 amide bonds. The van der Waals surface area contributed by atoms with Crippen LogP contribution in [0.3, 0.4) is 0 Å². The maximum absolute atomic E-state index is 13.5. The van der Waals surface area contributed by atoms with E-state index < -0.39 is 11.9 Å². The number of nitrogens with one attached hydrogen (secondary N) is 2. The highest BCUT2D eigenvalue weighted by Crippen LogP contribution is 2.23. The van der Waals surface area contributed by atoms with E-state index in [0.717, 1.165) is 5.56 Å². The summed E-state index contributed by atoms with van der Waals surface area (Å²) in [7, 11) is 1.55. The minimum Gasteiger partial charge on any atom is -0.383 e. The SMILES string of the molecule is COCCNC(=O)[C@@H](NC(=O)c1ccccc1C)C1CCN(C(=O)c2cccc(F)c2)CC1. The second kappa shape index (κ2) is 11.6. The van der Waals surface area contributed by atoms with Gasteiger partial charge in [0.1, 0.15) is 11.9 Å². The normalized spacial score (nSPS) is 15.1. The molecule has 0 aliphatic carbocycles. The highest BCUT2D eigenvalue weighted by molar-refractivity contribution is 5.98. The molecule has 0 spiro atoms. The van der Waals surface area contributed by atoms with Crippen molar-refractivity contribution in [1.82, 2.24) is 15.5 Å². The molecule has 0 radical (unpaired) electrons. The molecular formula is C25H30FN3O4. The fourth-order valence-electron chi connectivity index (χ4n) is 4.07. The average molecular weight is 456 g/mol. The summed E-state index contributed by atoms with van der Waals surface area (Å²) in [5.41, 5.74) is 1.64. The van der Waals surface area contributed by atoms with Gasteiger partial charge in [0.25, 0.3) is 11.8 Å². The molecule has 1 saturated heterocycles. The van der Waals surface area contributed by atoms with Crippen LogP contribution in [0.25, 0.3) is 0 Å². The fraction of sp³-hybridized carbons (Fsp3) is 0.400. The molecule has 1 aliphatic rings. The van der Waals surface area contributed by atoms with Crippen molar-refractivity contribution in [2.24, 2.45) is 5.92 Å². The smallest absolute Gasteiger partial charge is 0.253 e. The fourth-order valence-corrected chi connectivity index (χ4v) is 4.07. The maximum Gasteiger partial charge on any atom is 0.253 e. The van der Waals surface area contributed by atoms with E-state index in [9.17, 15) is 18.8 Å². The van der Waals surface area contributed by atoms with Gasteiger partial charge in [-0.25, -0.2) is 4.39 Å². The van der Waals surface area contributed by atoms with Gasteiger partial charge < -0.3 is 20.3 Å². The van der Waals surface area contributed by atoms with E-state index >= 15 is 0 Å². The van der Waals surface area contributed by atoms with Crippen molar-refractivity contribution in [2.75, 3.05) is 33.4 Å². The van der Waals surface area contributed by atoms with Crippen LogP contribution in [0.2, 0.25) is 0 Å². The first-order chi connectivity index (χ1) is 15.9. The summed E-state index contributed by atoms with van der Waals surface area (Å²) < 4.78 is 18.5. The average Bonchev–Trinajstić information content (AvgIpc) is 2.82. The van der Waals surface area contributed by atoms with Gasteiger partial charge in [-0.3, -0.25) is 14.4 Å². The Labute approximate surface area is 193 Å². The molecule has 0 unspecified atom stereocenters. The first-order valence-corrected chi connectivity index (χ1v) is 11.1. The van der Waals surface area contributed by atoms with Crippen molar-refractivity contribution >= 4 is 17.7 Å². The van der Waals surface area contributed by atoms with Crippen LogP contribution >= 0.6 is 0 Å². The summed E-state index contributed by atoms with van der Waals surface area (Å²) >= 11 is 0. The molecule has 0 saturated carbocycles. The van der Waals surface area contributed by atoms with Crippen LogP contribution in [0.1, 0.15) is 39.1 Å².